The molecule has 0 saturated heterocycles. The van der Waals surface area contributed by atoms with E-state index in [0.717, 1.165) is 17.5 Å². The van der Waals surface area contributed by atoms with Gasteiger partial charge in [-0.15, -0.1) is 0 Å². The number of phenols is 1. The van der Waals surface area contributed by atoms with Crippen LogP contribution >= 0.6 is 0 Å². The van der Waals surface area contributed by atoms with Crippen molar-refractivity contribution in [3.05, 3.63) is 35.1 Å². The highest BCUT2D eigenvalue weighted by molar-refractivity contribution is 5.59. The third-order valence-electron chi connectivity index (χ3n) is 2.10. The second kappa shape index (κ2) is 2.55. The number of fused-ring (bicyclic) bond motifs is 1. The molecule has 1 aromatic carbocycles. The van der Waals surface area contributed by atoms with E-state index < -0.39 is 0 Å². The van der Waals surface area contributed by atoms with Gasteiger partial charge in [0.2, 0.25) is 0 Å². The van der Waals surface area contributed by atoms with E-state index in [0.29, 0.717) is 17.9 Å². The summed E-state index contributed by atoms with van der Waals surface area (Å²) >= 11 is 0. The van der Waals surface area contributed by atoms with E-state index in [2.05, 4.69) is 0 Å². The SMILES string of the molecule is OC1=Cc2ccc(O)cc2CC1. The van der Waals surface area contributed by atoms with E-state index in [9.17, 15) is 10.2 Å². The van der Waals surface area contributed by atoms with Gasteiger partial charge in [0.05, 0.1) is 5.76 Å². The summed E-state index contributed by atoms with van der Waals surface area (Å²) in [5.74, 6) is 0.719. The summed E-state index contributed by atoms with van der Waals surface area (Å²) in [6.07, 6.45) is 3.24. The highest BCUT2D eigenvalue weighted by atomic mass is 16.3. The summed E-state index contributed by atoms with van der Waals surface area (Å²) in [6, 6.07) is 5.20. The lowest BCUT2D eigenvalue weighted by atomic mass is 9.96. The van der Waals surface area contributed by atoms with Crippen LogP contribution < -0.4 is 0 Å². The molecule has 2 heteroatoms. The minimum Gasteiger partial charge on any atom is -0.512 e. The van der Waals surface area contributed by atoms with Crippen LogP contribution in [-0.4, -0.2) is 10.2 Å². The van der Waals surface area contributed by atoms with Gasteiger partial charge in [0.1, 0.15) is 5.75 Å². The Balaban J connectivity index is 2.51. The maximum Gasteiger partial charge on any atom is 0.115 e. The maximum absolute atomic E-state index is 9.22. The van der Waals surface area contributed by atoms with Crippen molar-refractivity contribution in [2.75, 3.05) is 0 Å². The Morgan fingerprint density at radius 3 is 2.75 bits per heavy atom. The minimum atomic E-state index is 0.295. The van der Waals surface area contributed by atoms with Gasteiger partial charge in [0.15, 0.2) is 0 Å². The Morgan fingerprint density at radius 2 is 1.92 bits per heavy atom. The first kappa shape index (κ1) is 7.22. The Labute approximate surface area is 70.8 Å². The molecular formula is C10H10O2. The predicted octanol–water partition coefficient (Wildman–Crippen LogP) is 2.24. The Morgan fingerprint density at radius 1 is 1.08 bits per heavy atom. The number of aryl methyl sites for hydroxylation is 1. The number of hydrogen-bond acceptors (Lipinski definition) is 2. The molecule has 0 saturated carbocycles. The van der Waals surface area contributed by atoms with Gasteiger partial charge in [-0.25, -0.2) is 0 Å². The van der Waals surface area contributed by atoms with Gasteiger partial charge in [-0.3, -0.25) is 0 Å². The fourth-order valence-corrected chi connectivity index (χ4v) is 1.46. The third-order valence-corrected chi connectivity index (χ3v) is 2.10. The molecule has 0 aromatic heterocycles. The smallest absolute Gasteiger partial charge is 0.115 e. The second-order valence-electron chi connectivity index (χ2n) is 3.02. The third kappa shape index (κ3) is 1.16. The molecular weight excluding hydrogens is 152 g/mol. The van der Waals surface area contributed by atoms with E-state index in [4.69, 9.17) is 0 Å². The normalized spacial score (nSPS) is 15.2. The topological polar surface area (TPSA) is 40.5 Å². The molecule has 2 rings (SSSR count). The molecule has 1 aromatic rings. The van der Waals surface area contributed by atoms with E-state index >= 15 is 0 Å². The number of benzene rings is 1. The second-order valence-corrected chi connectivity index (χ2v) is 3.02. The van der Waals surface area contributed by atoms with Crippen molar-refractivity contribution in [3.63, 3.8) is 0 Å². The molecule has 0 unspecified atom stereocenters. The van der Waals surface area contributed by atoms with Gasteiger partial charge in [-0.1, -0.05) is 6.07 Å². The molecule has 2 N–H and O–H groups in total. The number of aromatic hydroxyl groups is 1. The van der Waals surface area contributed by atoms with E-state index in [1.807, 2.05) is 6.07 Å². The van der Waals surface area contributed by atoms with E-state index in [1.165, 1.54) is 0 Å². The summed E-state index contributed by atoms with van der Waals surface area (Å²) < 4.78 is 0. The number of allylic oxidation sites excluding steroid dienone is 1. The lowest BCUT2D eigenvalue weighted by molar-refractivity contribution is 0.391. The molecule has 0 radical (unpaired) electrons. The van der Waals surface area contributed by atoms with Gasteiger partial charge in [0, 0.05) is 6.42 Å². The van der Waals surface area contributed by atoms with E-state index in [1.54, 1.807) is 18.2 Å². The largest absolute Gasteiger partial charge is 0.512 e. The van der Waals surface area contributed by atoms with Crippen molar-refractivity contribution in [2.45, 2.75) is 12.8 Å². The molecule has 62 valence electrons. The Kier molecular flexibility index (Phi) is 1.54. The molecule has 0 spiro atoms. The van der Waals surface area contributed by atoms with Crippen molar-refractivity contribution in [1.29, 1.82) is 0 Å². The lowest BCUT2D eigenvalue weighted by Crippen LogP contribution is -1.97. The number of aliphatic hydroxyl groups excluding tert-OH is 1. The summed E-state index contributed by atoms with van der Waals surface area (Å²) in [6.45, 7) is 0. The van der Waals surface area contributed by atoms with Crippen molar-refractivity contribution in [1.82, 2.24) is 0 Å². The van der Waals surface area contributed by atoms with Crippen molar-refractivity contribution in [2.24, 2.45) is 0 Å². The molecule has 0 heterocycles. The molecule has 12 heavy (non-hydrogen) atoms. The minimum absolute atomic E-state index is 0.295. The first-order chi connectivity index (χ1) is 5.75. The predicted molar refractivity (Wildman–Crippen MR) is 47.0 cm³/mol. The molecule has 0 bridgehead atoms. The molecule has 0 fully saturated rings. The van der Waals surface area contributed by atoms with Gasteiger partial charge in [-0.2, -0.15) is 0 Å². The number of hydrogen-bond donors (Lipinski definition) is 2. The molecule has 1 aliphatic carbocycles. The quantitative estimate of drug-likeness (QED) is 0.614. The molecule has 0 atom stereocenters. The van der Waals surface area contributed by atoms with E-state index in [-0.39, 0.29) is 0 Å². The Hall–Kier alpha value is -1.44. The van der Waals surface area contributed by atoms with Crippen molar-refractivity contribution < 1.29 is 10.2 Å². The summed E-state index contributed by atoms with van der Waals surface area (Å²) in [5.41, 5.74) is 2.12. The highest BCUT2D eigenvalue weighted by Crippen LogP contribution is 2.25. The number of rotatable bonds is 0. The standard InChI is InChI=1S/C10H10O2/c11-9-3-1-7-5-10(12)4-2-8(7)6-9/h1,3,5-6,11-12H,2,4H2. The molecule has 0 amide bonds. The van der Waals surface area contributed by atoms with Crippen LogP contribution in [0.25, 0.3) is 6.08 Å². The number of phenolic OH excluding ortho intramolecular Hbond substituents is 1. The van der Waals surface area contributed by atoms with Crippen LogP contribution in [-0.2, 0) is 6.42 Å². The number of aliphatic hydroxyl groups is 1. The molecule has 1 aliphatic rings. The van der Waals surface area contributed by atoms with Crippen LogP contribution in [0.4, 0.5) is 0 Å². The van der Waals surface area contributed by atoms with Crippen LogP contribution in [0.5, 0.6) is 5.75 Å². The van der Waals surface area contributed by atoms with Gasteiger partial charge in [-0.05, 0) is 35.8 Å². The average Bonchev–Trinajstić information content (AvgIpc) is 2.05. The summed E-state index contributed by atoms with van der Waals surface area (Å²) in [4.78, 5) is 0. The van der Waals surface area contributed by atoms with Crippen LogP contribution in [0.15, 0.2) is 24.0 Å². The zero-order valence-corrected chi connectivity index (χ0v) is 6.62. The zero-order valence-electron chi connectivity index (χ0n) is 6.62. The summed E-state index contributed by atoms with van der Waals surface area (Å²) in [7, 11) is 0. The fraction of sp³-hybridized carbons (Fsp3) is 0.200. The molecule has 2 nitrogen and oxygen atoms in total. The van der Waals surface area contributed by atoms with Crippen molar-refractivity contribution >= 4 is 6.08 Å². The first-order valence-electron chi connectivity index (χ1n) is 3.97. The van der Waals surface area contributed by atoms with Crippen LogP contribution in [0.3, 0.4) is 0 Å². The first-order valence-corrected chi connectivity index (χ1v) is 3.97. The fourth-order valence-electron chi connectivity index (χ4n) is 1.46. The van der Waals surface area contributed by atoms with Crippen LogP contribution in [0.2, 0.25) is 0 Å². The maximum atomic E-state index is 9.22. The highest BCUT2D eigenvalue weighted by Gasteiger charge is 2.09. The van der Waals surface area contributed by atoms with Gasteiger partial charge >= 0.3 is 0 Å². The molecule has 0 aliphatic heterocycles. The van der Waals surface area contributed by atoms with Gasteiger partial charge in [0.25, 0.3) is 0 Å². The lowest BCUT2D eigenvalue weighted by Gasteiger charge is -2.12. The van der Waals surface area contributed by atoms with Crippen molar-refractivity contribution in [3.8, 4) is 5.75 Å². The average molecular weight is 162 g/mol. The van der Waals surface area contributed by atoms with Gasteiger partial charge < -0.3 is 10.2 Å². The zero-order chi connectivity index (χ0) is 8.55. The monoisotopic (exact) mass is 162 g/mol. The van der Waals surface area contributed by atoms with Crippen LogP contribution in [0, 0.1) is 0 Å². The summed E-state index contributed by atoms with van der Waals surface area (Å²) in [5, 5.41) is 18.4. The Bertz CT molecular complexity index is 340. The van der Waals surface area contributed by atoms with Crippen LogP contribution in [0.1, 0.15) is 17.5 Å².